The molecule has 0 radical (unpaired) electrons. The SMILES string of the molecule is COCCN(c1cc(C)nc2ncnn12)[C@@H]1CCOC1. The molecule has 0 aliphatic carbocycles. The van der Waals surface area contributed by atoms with Crippen LogP contribution in [0.1, 0.15) is 12.1 Å². The van der Waals surface area contributed by atoms with Crippen molar-refractivity contribution in [3.05, 3.63) is 18.1 Å². The lowest BCUT2D eigenvalue weighted by atomic mass is 10.2. The molecule has 3 rings (SSSR count). The fourth-order valence-corrected chi connectivity index (χ4v) is 2.56. The van der Waals surface area contributed by atoms with Crippen LogP contribution >= 0.6 is 0 Å². The maximum atomic E-state index is 5.52. The van der Waals surface area contributed by atoms with Gasteiger partial charge in [-0.15, -0.1) is 0 Å². The largest absolute Gasteiger partial charge is 0.383 e. The Morgan fingerprint density at radius 3 is 3.20 bits per heavy atom. The summed E-state index contributed by atoms with van der Waals surface area (Å²) in [6.07, 6.45) is 2.55. The van der Waals surface area contributed by atoms with Crippen molar-refractivity contribution in [2.45, 2.75) is 19.4 Å². The molecule has 1 aliphatic rings. The fraction of sp³-hybridized carbons (Fsp3) is 0.615. The molecule has 0 spiro atoms. The molecule has 108 valence electrons. The smallest absolute Gasteiger partial charge is 0.254 e. The Balaban J connectivity index is 2.00. The minimum absolute atomic E-state index is 0.347. The first-order valence-corrected chi connectivity index (χ1v) is 6.80. The molecule has 3 heterocycles. The van der Waals surface area contributed by atoms with Crippen LogP contribution in [0.5, 0.6) is 0 Å². The van der Waals surface area contributed by atoms with E-state index >= 15 is 0 Å². The number of rotatable bonds is 5. The van der Waals surface area contributed by atoms with E-state index in [1.54, 1.807) is 11.6 Å². The summed E-state index contributed by atoms with van der Waals surface area (Å²) in [6, 6.07) is 2.38. The second-order valence-corrected chi connectivity index (χ2v) is 4.93. The third-order valence-corrected chi connectivity index (χ3v) is 3.54. The van der Waals surface area contributed by atoms with E-state index in [1.807, 2.05) is 13.0 Å². The summed E-state index contributed by atoms with van der Waals surface area (Å²) in [5.41, 5.74) is 0.932. The lowest BCUT2D eigenvalue weighted by Gasteiger charge is -2.30. The molecular weight excluding hydrogens is 258 g/mol. The van der Waals surface area contributed by atoms with Gasteiger partial charge in [-0.1, -0.05) is 0 Å². The monoisotopic (exact) mass is 277 g/mol. The van der Waals surface area contributed by atoms with Gasteiger partial charge in [0.25, 0.3) is 5.78 Å². The average molecular weight is 277 g/mol. The number of ether oxygens (including phenoxy) is 2. The molecule has 1 saturated heterocycles. The van der Waals surface area contributed by atoms with Crippen LogP contribution in [0.15, 0.2) is 12.4 Å². The van der Waals surface area contributed by atoms with Crippen LogP contribution in [0.4, 0.5) is 5.82 Å². The van der Waals surface area contributed by atoms with Crippen molar-refractivity contribution >= 4 is 11.6 Å². The predicted octanol–water partition coefficient (Wildman–Crippen LogP) is 0.674. The van der Waals surface area contributed by atoms with Gasteiger partial charge in [0.05, 0.1) is 19.3 Å². The standard InChI is InChI=1S/C13H19N5O2/c1-10-7-12(18-13(16-10)14-9-15-18)17(4-6-19-2)11-3-5-20-8-11/h7,9,11H,3-6,8H2,1-2H3/t11-/m1/s1. The van der Waals surface area contributed by atoms with Crippen molar-refractivity contribution in [1.29, 1.82) is 0 Å². The Hall–Kier alpha value is -1.73. The Labute approximate surface area is 117 Å². The van der Waals surface area contributed by atoms with Crippen molar-refractivity contribution in [2.24, 2.45) is 0 Å². The molecule has 0 amide bonds. The normalized spacial score (nSPS) is 18.8. The highest BCUT2D eigenvalue weighted by molar-refractivity contribution is 5.48. The summed E-state index contributed by atoms with van der Waals surface area (Å²) in [6.45, 7) is 4.97. The average Bonchev–Trinajstić information content (AvgIpc) is 3.09. The molecule has 7 heteroatoms. The minimum Gasteiger partial charge on any atom is -0.383 e. The zero-order valence-corrected chi connectivity index (χ0v) is 11.8. The lowest BCUT2D eigenvalue weighted by Crippen LogP contribution is -2.39. The predicted molar refractivity (Wildman–Crippen MR) is 74.0 cm³/mol. The number of nitrogens with zero attached hydrogens (tertiary/aromatic N) is 5. The minimum atomic E-state index is 0.347. The third-order valence-electron chi connectivity index (χ3n) is 3.54. The molecule has 0 aromatic carbocycles. The summed E-state index contributed by atoms with van der Waals surface area (Å²) in [5.74, 6) is 1.62. The first-order valence-electron chi connectivity index (χ1n) is 6.80. The molecule has 1 atom stereocenters. The molecule has 2 aromatic heterocycles. The Morgan fingerprint density at radius 1 is 1.55 bits per heavy atom. The maximum absolute atomic E-state index is 5.52. The van der Waals surface area contributed by atoms with Crippen LogP contribution in [0.3, 0.4) is 0 Å². The molecule has 1 aliphatic heterocycles. The second kappa shape index (κ2) is 5.72. The molecule has 0 N–H and O–H groups in total. The lowest BCUT2D eigenvalue weighted by molar-refractivity contribution is 0.186. The number of aryl methyl sites for hydroxylation is 1. The third kappa shape index (κ3) is 2.46. The van der Waals surface area contributed by atoms with Gasteiger partial charge >= 0.3 is 0 Å². The van der Waals surface area contributed by atoms with E-state index in [1.165, 1.54) is 6.33 Å². The number of fused-ring (bicyclic) bond motifs is 1. The van der Waals surface area contributed by atoms with Crippen molar-refractivity contribution in [2.75, 3.05) is 38.4 Å². The van der Waals surface area contributed by atoms with E-state index in [2.05, 4.69) is 20.0 Å². The maximum Gasteiger partial charge on any atom is 0.254 e. The van der Waals surface area contributed by atoms with Crippen LogP contribution in [-0.2, 0) is 9.47 Å². The first-order chi connectivity index (χ1) is 9.79. The van der Waals surface area contributed by atoms with E-state index in [9.17, 15) is 0 Å². The molecule has 20 heavy (non-hydrogen) atoms. The van der Waals surface area contributed by atoms with E-state index in [4.69, 9.17) is 9.47 Å². The number of hydrogen-bond donors (Lipinski definition) is 0. The van der Waals surface area contributed by atoms with Gasteiger partial charge in [-0.2, -0.15) is 14.6 Å². The van der Waals surface area contributed by atoms with Crippen LogP contribution in [-0.4, -0.2) is 59.1 Å². The van der Waals surface area contributed by atoms with Crippen LogP contribution in [0.25, 0.3) is 5.78 Å². The summed E-state index contributed by atoms with van der Waals surface area (Å²) in [4.78, 5) is 10.9. The fourth-order valence-electron chi connectivity index (χ4n) is 2.56. The second-order valence-electron chi connectivity index (χ2n) is 4.93. The number of anilines is 1. The van der Waals surface area contributed by atoms with E-state index < -0.39 is 0 Å². The van der Waals surface area contributed by atoms with Gasteiger partial charge in [0, 0.05) is 32.0 Å². The Bertz CT molecular complexity index is 579. The van der Waals surface area contributed by atoms with Gasteiger partial charge in [0.2, 0.25) is 0 Å². The van der Waals surface area contributed by atoms with Crippen LogP contribution in [0.2, 0.25) is 0 Å². The first kappa shape index (κ1) is 13.3. The molecule has 7 nitrogen and oxygen atoms in total. The zero-order valence-electron chi connectivity index (χ0n) is 11.8. The van der Waals surface area contributed by atoms with Gasteiger partial charge in [-0.3, -0.25) is 0 Å². The molecular formula is C13H19N5O2. The number of hydrogen-bond acceptors (Lipinski definition) is 6. The summed E-state index contributed by atoms with van der Waals surface area (Å²) in [5, 5.41) is 4.28. The summed E-state index contributed by atoms with van der Waals surface area (Å²) in [7, 11) is 1.71. The van der Waals surface area contributed by atoms with Crippen molar-refractivity contribution < 1.29 is 9.47 Å². The van der Waals surface area contributed by atoms with Gasteiger partial charge in [-0.25, -0.2) is 4.98 Å². The number of aromatic nitrogens is 4. The molecule has 1 fully saturated rings. The van der Waals surface area contributed by atoms with Gasteiger partial charge in [-0.05, 0) is 13.3 Å². The van der Waals surface area contributed by atoms with Crippen molar-refractivity contribution in [3.63, 3.8) is 0 Å². The van der Waals surface area contributed by atoms with Crippen molar-refractivity contribution in [3.8, 4) is 0 Å². The van der Waals surface area contributed by atoms with E-state index in [0.717, 1.165) is 37.7 Å². The zero-order chi connectivity index (χ0) is 13.9. The molecule has 2 aromatic rings. The summed E-state index contributed by atoms with van der Waals surface area (Å²) < 4.78 is 12.5. The van der Waals surface area contributed by atoms with Crippen LogP contribution in [0, 0.1) is 6.92 Å². The summed E-state index contributed by atoms with van der Waals surface area (Å²) >= 11 is 0. The van der Waals surface area contributed by atoms with Gasteiger partial charge in [0.1, 0.15) is 12.1 Å². The van der Waals surface area contributed by atoms with Crippen LogP contribution < -0.4 is 4.90 Å². The Kier molecular flexibility index (Phi) is 3.79. The van der Waals surface area contributed by atoms with Gasteiger partial charge < -0.3 is 14.4 Å². The van der Waals surface area contributed by atoms with Gasteiger partial charge in [0.15, 0.2) is 0 Å². The molecule has 0 bridgehead atoms. The number of methoxy groups -OCH3 is 1. The van der Waals surface area contributed by atoms with E-state index in [-0.39, 0.29) is 0 Å². The highest BCUT2D eigenvalue weighted by Gasteiger charge is 2.25. The van der Waals surface area contributed by atoms with E-state index in [0.29, 0.717) is 18.4 Å². The molecule has 0 unspecified atom stereocenters. The quantitative estimate of drug-likeness (QED) is 0.800. The Morgan fingerprint density at radius 2 is 2.45 bits per heavy atom. The topological polar surface area (TPSA) is 64.8 Å². The van der Waals surface area contributed by atoms with Crippen molar-refractivity contribution in [1.82, 2.24) is 19.6 Å². The molecule has 0 saturated carbocycles. The highest BCUT2D eigenvalue weighted by Crippen LogP contribution is 2.22. The highest BCUT2D eigenvalue weighted by atomic mass is 16.5.